The molecular formula is C8H12Cl2O2. The molecule has 0 aromatic heterocycles. The molecule has 0 aliphatic rings. The summed E-state index contributed by atoms with van der Waals surface area (Å²) in [6.45, 7) is 8.25. The van der Waals surface area contributed by atoms with Crippen LogP contribution >= 0.6 is 23.2 Å². The van der Waals surface area contributed by atoms with Crippen LogP contribution in [0.3, 0.4) is 0 Å². The Labute approximate surface area is 82.8 Å². The highest BCUT2D eigenvalue weighted by Gasteiger charge is 1.94. The molecule has 0 unspecified atom stereocenters. The van der Waals surface area contributed by atoms with E-state index >= 15 is 0 Å². The minimum Gasteiger partial charge on any atom is -0.435 e. The Kier molecular flexibility index (Phi) is 12.4. The minimum atomic E-state index is -0.206. The maximum atomic E-state index is 10.3. The molecule has 0 N–H and O–H groups in total. The summed E-state index contributed by atoms with van der Waals surface area (Å²) < 4.78 is 4.52. The van der Waals surface area contributed by atoms with Crippen molar-refractivity contribution in [2.75, 3.05) is 0 Å². The molecule has 0 atom stereocenters. The fraction of sp³-hybridized carbons (Fsp3) is 0.375. The smallest absolute Gasteiger partial charge is 0.310 e. The summed E-state index contributed by atoms with van der Waals surface area (Å²) in [4.78, 5) is 10.3. The van der Waals surface area contributed by atoms with E-state index in [1.807, 2.05) is 6.92 Å². The Hall–Kier alpha value is -0.470. The first-order valence-corrected chi connectivity index (χ1v) is 4.10. The molecular weight excluding hydrogens is 199 g/mol. The summed E-state index contributed by atoms with van der Waals surface area (Å²) in [6.07, 6.45) is 2.46. The monoisotopic (exact) mass is 210 g/mol. The second-order valence-electron chi connectivity index (χ2n) is 1.75. The van der Waals surface area contributed by atoms with Gasteiger partial charge in [0.1, 0.15) is 0 Å². The van der Waals surface area contributed by atoms with Gasteiger partial charge >= 0.3 is 5.97 Å². The normalized spacial score (nSPS) is 7.58. The van der Waals surface area contributed by atoms with Gasteiger partial charge in [-0.15, -0.1) is 0 Å². The van der Waals surface area contributed by atoms with Crippen LogP contribution in [0.5, 0.6) is 0 Å². The molecule has 0 aromatic rings. The summed E-state index contributed by atoms with van der Waals surface area (Å²) in [5.74, 6) is -0.206. The fourth-order valence-corrected chi connectivity index (χ4v) is 0.356. The molecule has 4 heteroatoms. The number of ether oxygens (including phenoxy) is 1. The van der Waals surface area contributed by atoms with Gasteiger partial charge in [0.2, 0.25) is 0 Å². The summed E-state index contributed by atoms with van der Waals surface area (Å²) in [6, 6.07) is 0. The number of carbonyl (C=O) groups is 1. The van der Waals surface area contributed by atoms with E-state index in [0.29, 0.717) is 6.42 Å². The van der Waals surface area contributed by atoms with Crippen LogP contribution in [0, 0.1) is 0 Å². The molecule has 0 bridgehead atoms. The highest BCUT2D eigenvalue weighted by molar-refractivity contribution is 6.55. The third-order valence-corrected chi connectivity index (χ3v) is 0.669. The molecule has 0 spiro atoms. The summed E-state index contributed by atoms with van der Waals surface area (Å²) in [5.41, 5.74) is 0. The lowest BCUT2D eigenvalue weighted by atomic mass is 10.3. The van der Waals surface area contributed by atoms with Crippen molar-refractivity contribution in [2.45, 2.75) is 19.8 Å². The third kappa shape index (κ3) is 22.7. The molecule has 0 rings (SSSR count). The SMILES string of the molecule is C=C(Cl)Cl.C=COC(=O)CCC. The van der Waals surface area contributed by atoms with Crippen LogP contribution in [0.2, 0.25) is 0 Å². The molecule has 0 heterocycles. The zero-order valence-corrected chi connectivity index (χ0v) is 8.49. The Morgan fingerprint density at radius 1 is 1.58 bits per heavy atom. The van der Waals surface area contributed by atoms with Gasteiger partial charge in [-0.25, -0.2) is 0 Å². The molecule has 0 saturated heterocycles. The van der Waals surface area contributed by atoms with E-state index in [1.165, 1.54) is 0 Å². The van der Waals surface area contributed by atoms with Crippen LogP contribution in [0.4, 0.5) is 0 Å². The Bertz CT molecular complexity index is 151. The molecule has 0 fully saturated rings. The molecule has 0 aliphatic carbocycles. The van der Waals surface area contributed by atoms with Crippen molar-refractivity contribution in [3.05, 3.63) is 23.9 Å². The maximum absolute atomic E-state index is 10.3. The lowest BCUT2D eigenvalue weighted by molar-refractivity contribution is -0.137. The first-order valence-electron chi connectivity index (χ1n) is 3.34. The molecule has 0 saturated carbocycles. The lowest BCUT2D eigenvalue weighted by Gasteiger charge is -1.92. The van der Waals surface area contributed by atoms with Crippen molar-refractivity contribution < 1.29 is 9.53 Å². The van der Waals surface area contributed by atoms with Gasteiger partial charge < -0.3 is 4.74 Å². The Morgan fingerprint density at radius 2 is 2.00 bits per heavy atom. The second kappa shape index (κ2) is 10.5. The van der Waals surface area contributed by atoms with Gasteiger partial charge in [-0.2, -0.15) is 0 Å². The summed E-state index contributed by atoms with van der Waals surface area (Å²) >= 11 is 9.69. The number of hydrogen-bond donors (Lipinski definition) is 0. The predicted octanol–water partition coefficient (Wildman–Crippen LogP) is 3.41. The predicted molar refractivity (Wildman–Crippen MR) is 52.0 cm³/mol. The van der Waals surface area contributed by atoms with Crippen LogP contribution in [0.15, 0.2) is 23.9 Å². The van der Waals surface area contributed by atoms with Crippen LogP contribution in [0.1, 0.15) is 19.8 Å². The molecule has 0 amide bonds. The van der Waals surface area contributed by atoms with E-state index in [2.05, 4.69) is 17.9 Å². The Balaban J connectivity index is 0. The van der Waals surface area contributed by atoms with Crippen molar-refractivity contribution in [3.63, 3.8) is 0 Å². The van der Waals surface area contributed by atoms with Gasteiger partial charge in [0.15, 0.2) is 0 Å². The van der Waals surface area contributed by atoms with Crippen LogP contribution < -0.4 is 0 Å². The number of rotatable bonds is 3. The van der Waals surface area contributed by atoms with Crippen LogP contribution in [0.25, 0.3) is 0 Å². The fourth-order valence-electron chi connectivity index (χ4n) is 0.356. The number of halogens is 2. The largest absolute Gasteiger partial charge is 0.435 e. The minimum absolute atomic E-state index is 0.111. The van der Waals surface area contributed by atoms with Gasteiger partial charge in [0.05, 0.1) is 10.8 Å². The van der Waals surface area contributed by atoms with Crippen molar-refractivity contribution in [3.8, 4) is 0 Å². The molecule has 0 radical (unpaired) electrons. The lowest BCUT2D eigenvalue weighted by Crippen LogP contribution is -1.96. The van der Waals surface area contributed by atoms with E-state index in [-0.39, 0.29) is 10.5 Å². The number of esters is 1. The average molecular weight is 211 g/mol. The van der Waals surface area contributed by atoms with Crippen molar-refractivity contribution in [1.29, 1.82) is 0 Å². The molecule has 0 aromatic carbocycles. The van der Waals surface area contributed by atoms with E-state index in [0.717, 1.165) is 12.7 Å². The molecule has 12 heavy (non-hydrogen) atoms. The van der Waals surface area contributed by atoms with E-state index in [4.69, 9.17) is 23.2 Å². The van der Waals surface area contributed by atoms with Crippen LogP contribution in [-0.2, 0) is 9.53 Å². The first-order chi connectivity index (χ1) is 5.54. The molecule has 70 valence electrons. The maximum Gasteiger partial charge on any atom is 0.310 e. The average Bonchev–Trinajstić information content (AvgIpc) is 1.87. The topological polar surface area (TPSA) is 26.3 Å². The quantitative estimate of drug-likeness (QED) is 0.528. The highest BCUT2D eigenvalue weighted by atomic mass is 35.5. The van der Waals surface area contributed by atoms with Gasteiger partial charge in [0, 0.05) is 6.42 Å². The van der Waals surface area contributed by atoms with Gasteiger partial charge in [-0.3, -0.25) is 4.79 Å². The third-order valence-electron chi connectivity index (χ3n) is 0.669. The summed E-state index contributed by atoms with van der Waals surface area (Å²) in [7, 11) is 0. The van der Waals surface area contributed by atoms with Crippen molar-refractivity contribution in [1.82, 2.24) is 0 Å². The highest BCUT2D eigenvalue weighted by Crippen LogP contribution is 1.98. The molecule has 2 nitrogen and oxygen atoms in total. The summed E-state index contributed by atoms with van der Waals surface area (Å²) in [5, 5.41) is 0. The zero-order chi connectivity index (χ0) is 9.98. The number of hydrogen-bond acceptors (Lipinski definition) is 2. The van der Waals surface area contributed by atoms with Gasteiger partial charge in [-0.05, 0) is 6.42 Å². The van der Waals surface area contributed by atoms with Crippen LogP contribution in [-0.4, -0.2) is 5.97 Å². The van der Waals surface area contributed by atoms with Crippen molar-refractivity contribution >= 4 is 29.2 Å². The van der Waals surface area contributed by atoms with Gasteiger partial charge in [-0.1, -0.05) is 43.3 Å². The van der Waals surface area contributed by atoms with E-state index < -0.39 is 0 Å². The zero-order valence-electron chi connectivity index (χ0n) is 6.98. The first kappa shape index (κ1) is 14.1. The van der Waals surface area contributed by atoms with E-state index in [1.54, 1.807) is 0 Å². The Morgan fingerprint density at radius 3 is 2.25 bits per heavy atom. The van der Waals surface area contributed by atoms with E-state index in [9.17, 15) is 4.79 Å². The number of carbonyl (C=O) groups excluding carboxylic acids is 1. The van der Waals surface area contributed by atoms with Gasteiger partial charge in [0.25, 0.3) is 0 Å². The molecule has 0 aliphatic heterocycles. The standard InChI is InChI=1S/C6H10O2.C2H2Cl2/c1-3-5-6(7)8-4-2;1-2(3)4/h4H,2-3,5H2,1H3;1H2. The van der Waals surface area contributed by atoms with Crippen molar-refractivity contribution in [2.24, 2.45) is 0 Å². The second-order valence-corrected chi connectivity index (χ2v) is 2.85.